The third-order valence-corrected chi connectivity index (χ3v) is 1.37. The van der Waals surface area contributed by atoms with Crippen LogP contribution in [0.15, 0.2) is 23.3 Å². The third kappa shape index (κ3) is 0.633. The number of hydrogen-bond donors (Lipinski definition) is 0. The van der Waals surface area contributed by atoms with Crippen LogP contribution in [-0.2, 0) is 0 Å². The number of pyridine rings is 1. The second-order valence-corrected chi connectivity index (χ2v) is 1.96. The van der Waals surface area contributed by atoms with Gasteiger partial charge in [-0.3, -0.25) is 4.99 Å². The molecule has 0 unspecified atom stereocenters. The molecule has 0 aromatic carbocycles. The summed E-state index contributed by atoms with van der Waals surface area (Å²) in [5, 5.41) is 1.16. The summed E-state index contributed by atoms with van der Waals surface area (Å²) < 4.78 is 0. The fraction of sp³-hybridized carbons (Fsp3) is 0.143. The average molecular weight is 118 g/mol. The number of aromatic nitrogens is 1. The largest absolute Gasteiger partial charge is 0.262 e. The first-order valence-electron chi connectivity index (χ1n) is 2.92. The fourth-order valence-electron chi connectivity index (χ4n) is 0.931. The van der Waals surface area contributed by atoms with Crippen LogP contribution in [0, 0.1) is 0 Å². The van der Waals surface area contributed by atoms with Gasteiger partial charge in [0.1, 0.15) is 0 Å². The Balaban J connectivity index is 2.97. The van der Waals surface area contributed by atoms with Crippen LogP contribution in [0.5, 0.6) is 0 Å². The van der Waals surface area contributed by atoms with Crippen molar-refractivity contribution in [1.82, 2.24) is 4.98 Å². The van der Waals surface area contributed by atoms with Crippen molar-refractivity contribution >= 4 is 6.08 Å². The first-order chi connectivity index (χ1) is 4.47. The molecular weight excluding hydrogens is 112 g/mol. The molecule has 2 nitrogen and oxygen atoms in total. The molecule has 1 aliphatic heterocycles. The highest BCUT2D eigenvalue weighted by Gasteiger charge is 1.90. The maximum absolute atomic E-state index is 4.13. The van der Waals surface area contributed by atoms with Crippen LogP contribution < -0.4 is 10.7 Å². The predicted molar refractivity (Wildman–Crippen MR) is 34.4 cm³/mol. The van der Waals surface area contributed by atoms with Crippen molar-refractivity contribution in [3.8, 4) is 0 Å². The van der Waals surface area contributed by atoms with Crippen LogP contribution in [0.3, 0.4) is 0 Å². The van der Waals surface area contributed by atoms with Crippen molar-refractivity contribution < 1.29 is 0 Å². The lowest BCUT2D eigenvalue weighted by molar-refractivity contribution is 1.10. The topological polar surface area (TPSA) is 25.2 Å². The van der Waals surface area contributed by atoms with E-state index in [0.717, 1.165) is 17.3 Å². The molecule has 2 heterocycles. The molecule has 0 saturated heterocycles. The Hall–Kier alpha value is -1.18. The molecule has 0 amide bonds. The van der Waals surface area contributed by atoms with Gasteiger partial charge in [-0.2, -0.15) is 0 Å². The quantitative estimate of drug-likeness (QED) is 0.450. The second-order valence-electron chi connectivity index (χ2n) is 1.96. The molecule has 0 bridgehead atoms. The van der Waals surface area contributed by atoms with Crippen LogP contribution in [0.1, 0.15) is 0 Å². The van der Waals surface area contributed by atoms with Crippen molar-refractivity contribution in [3.63, 3.8) is 0 Å². The van der Waals surface area contributed by atoms with E-state index in [1.54, 1.807) is 6.20 Å². The van der Waals surface area contributed by atoms with Gasteiger partial charge in [-0.15, -0.1) is 0 Å². The number of nitrogens with zero attached hydrogens (tertiary/aromatic N) is 2. The van der Waals surface area contributed by atoms with Gasteiger partial charge in [-0.05, 0) is 12.1 Å². The monoisotopic (exact) mass is 118 g/mol. The Morgan fingerprint density at radius 2 is 2.44 bits per heavy atom. The molecule has 1 aromatic rings. The highest BCUT2D eigenvalue weighted by molar-refractivity contribution is 5.26. The average Bonchev–Trinajstić information content (AvgIpc) is 2.33. The fourth-order valence-corrected chi connectivity index (χ4v) is 0.931. The smallest absolute Gasteiger partial charge is 0.154 e. The summed E-state index contributed by atoms with van der Waals surface area (Å²) in [6, 6.07) is 3.95. The molecule has 0 saturated carbocycles. The first-order valence-corrected chi connectivity index (χ1v) is 2.92. The Morgan fingerprint density at radius 1 is 1.44 bits per heavy atom. The van der Waals surface area contributed by atoms with Gasteiger partial charge < -0.3 is 0 Å². The SMILES string of the molecule is C1=c2cccnc2=NC1. The van der Waals surface area contributed by atoms with Crippen LogP contribution in [0.25, 0.3) is 6.08 Å². The lowest BCUT2D eigenvalue weighted by atomic mass is 10.4. The van der Waals surface area contributed by atoms with Crippen molar-refractivity contribution in [1.29, 1.82) is 0 Å². The van der Waals surface area contributed by atoms with Crippen LogP contribution in [0.2, 0.25) is 0 Å². The Labute approximate surface area is 52.6 Å². The molecule has 9 heavy (non-hydrogen) atoms. The van der Waals surface area contributed by atoms with Gasteiger partial charge in [0.25, 0.3) is 0 Å². The molecule has 0 fully saturated rings. The Morgan fingerprint density at radius 3 is 3.33 bits per heavy atom. The molecule has 0 spiro atoms. The normalized spacial score (nSPS) is 13.8. The van der Waals surface area contributed by atoms with Crippen LogP contribution >= 0.6 is 0 Å². The summed E-state index contributed by atoms with van der Waals surface area (Å²) in [5.41, 5.74) is 0.887. The van der Waals surface area contributed by atoms with Crippen molar-refractivity contribution in [2.24, 2.45) is 4.99 Å². The van der Waals surface area contributed by atoms with E-state index in [0.29, 0.717) is 0 Å². The zero-order valence-electron chi connectivity index (χ0n) is 4.91. The minimum Gasteiger partial charge on any atom is -0.262 e. The predicted octanol–water partition coefficient (Wildman–Crippen LogP) is -0.505. The Bertz CT molecular complexity index is 294. The van der Waals surface area contributed by atoms with E-state index >= 15 is 0 Å². The number of rotatable bonds is 0. The molecule has 0 N–H and O–H groups in total. The van der Waals surface area contributed by atoms with E-state index in [9.17, 15) is 0 Å². The maximum Gasteiger partial charge on any atom is 0.154 e. The van der Waals surface area contributed by atoms with Gasteiger partial charge in [0.15, 0.2) is 5.49 Å². The molecule has 0 aliphatic carbocycles. The first kappa shape index (κ1) is 4.68. The molecule has 44 valence electrons. The molecule has 2 rings (SSSR count). The summed E-state index contributed by atoms with van der Waals surface area (Å²) in [5.74, 6) is 0. The Kier molecular flexibility index (Phi) is 0.859. The van der Waals surface area contributed by atoms with Gasteiger partial charge in [0.2, 0.25) is 0 Å². The van der Waals surface area contributed by atoms with Crippen molar-refractivity contribution in [2.75, 3.05) is 6.54 Å². The van der Waals surface area contributed by atoms with E-state index in [1.165, 1.54) is 0 Å². The summed E-state index contributed by atoms with van der Waals surface area (Å²) >= 11 is 0. The van der Waals surface area contributed by atoms with Gasteiger partial charge >= 0.3 is 0 Å². The van der Waals surface area contributed by atoms with Gasteiger partial charge in [-0.25, -0.2) is 4.98 Å². The lowest BCUT2D eigenvalue weighted by Gasteiger charge is -1.77. The van der Waals surface area contributed by atoms with E-state index in [4.69, 9.17) is 0 Å². The molecule has 0 atom stereocenters. The zero-order valence-corrected chi connectivity index (χ0v) is 4.91. The molecule has 1 aromatic heterocycles. The lowest BCUT2D eigenvalue weighted by Crippen LogP contribution is -2.23. The summed E-state index contributed by atoms with van der Waals surface area (Å²) in [7, 11) is 0. The molecule has 1 aliphatic rings. The maximum atomic E-state index is 4.13. The molecule has 2 heteroatoms. The van der Waals surface area contributed by atoms with Gasteiger partial charge in [0, 0.05) is 11.4 Å². The third-order valence-electron chi connectivity index (χ3n) is 1.37. The van der Waals surface area contributed by atoms with E-state index in [1.807, 2.05) is 12.1 Å². The minimum atomic E-state index is 0.798. The summed E-state index contributed by atoms with van der Waals surface area (Å²) in [4.78, 5) is 8.19. The zero-order chi connectivity index (χ0) is 6.10. The highest BCUT2D eigenvalue weighted by atomic mass is 14.8. The van der Waals surface area contributed by atoms with Crippen molar-refractivity contribution in [3.05, 3.63) is 29.0 Å². The summed E-state index contributed by atoms with van der Waals surface area (Å²) in [6.45, 7) is 0.798. The van der Waals surface area contributed by atoms with E-state index in [-0.39, 0.29) is 0 Å². The highest BCUT2D eigenvalue weighted by Crippen LogP contribution is 1.75. The minimum absolute atomic E-state index is 0.798. The van der Waals surface area contributed by atoms with Crippen molar-refractivity contribution in [2.45, 2.75) is 0 Å². The van der Waals surface area contributed by atoms with E-state index < -0.39 is 0 Å². The van der Waals surface area contributed by atoms with Gasteiger partial charge in [0.05, 0.1) is 6.54 Å². The van der Waals surface area contributed by atoms with Crippen LogP contribution in [0.4, 0.5) is 0 Å². The standard InChI is InChI=1S/C7H6N2/c1-2-6-3-5-9-7(6)8-4-1/h1-4H,5H2. The van der Waals surface area contributed by atoms with E-state index in [2.05, 4.69) is 16.1 Å². The van der Waals surface area contributed by atoms with Gasteiger partial charge in [-0.1, -0.05) is 6.08 Å². The van der Waals surface area contributed by atoms with Crippen LogP contribution in [-0.4, -0.2) is 11.5 Å². The summed E-state index contributed by atoms with van der Waals surface area (Å²) in [6.07, 6.45) is 3.84. The number of hydrogen-bond acceptors (Lipinski definition) is 2. The molecule has 0 radical (unpaired) electrons. The molecular formula is C7H6N2. The number of fused-ring (bicyclic) bond motifs is 1. The second kappa shape index (κ2) is 1.65.